The maximum atomic E-state index is 12.9. The SMILES string of the molecule is Fc1cc(F)cc(NC2CCCOC2)c1. The van der Waals surface area contributed by atoms with Crippen molar-refractivity contribution in [1.29, 1.82) is 0 Å². The minimum absolute atomic E-state index is 0.153. The molecule has 1 aromatic rings. The zero-order chi connectivity index (χ0) is 10.7. The zero-order valence-corrected chi connectivity index (χ0v) is 8.30. The van der Waals surface area contributed by atoms with Crippen LogP contribution in [0.2, 0.25) is 0 Å². The van der Waals surface area contributed by atoms with Crippen LogP contribution in [0.1, 0.15) is 12.8 Å². The molecule has 2 rings (SSSR count). The van der Waals surface area contributed by atoms with E-state index in [2.05, 4.69) is 5.32 Å². The van der Waals surface area contributed by atoms with Gasteiger partial charge in [-0.2, -0.15) is 0 Å². The van der Waals surface area contributed by atoms with Crippen LogP contribution >= 0.6 is 0 Å². The number of ether oxygens (including phenoxy) is 1. The maximum Gasteiger partial charge on any atom is 0.128 e. The Kier molecular flexibility index (Phi) is 3.16. The van der Waals surface area contributed by atoms with Gasteiger partial charge in [-0.05, 0) is 25.0 Å². The first-order chi connectivity index (χ1) is 7.24. The molecule has 2 nitrogen and oxygen atoms in total. The number of hydrogen-bond donors (Lipinski definition) is 1. The van der Waals surface area contributed by atoms with E-state index in [0.717, 1.165) is 25.5 Å². The number of halogens is 2. The van der Waals surface area contributed by atoms with Crippen LogP contribution < -0.4 is 5.32 Å². The van der Waals surface area contributed by atoms with Crippen LogP contribution in [-0.4, -0.2) is 19.3 Å². The molecule has 4 heteroatoms. The average molecular weight is 213 g/mol. The number of nitrogens with one attached hydrogen (secondary N) is 1. The van der Waals surface area contributed by atoms with Gasteiger partial charge >= 0.3 is 0 Å². The van der Waals surface area contributed by atoms with Crippen LogP contribution in [-0.2, 0) is 4.74 Å². The predicted octanol–water partition coefficient (Wildman–Crippen LogP) is 2.56. The van der Waals surface area contributed by atoms with E-state index in [1.165, 1.54) is 12.1 Å². The van der Waals surface area contributed by atoms with Gasteiger partial charge in [0.2, 0.25) is 0 Å². The molecule has 1 unspecified atom stereocenters. The van der Waals surface area contributed by atoms with Crippen molar-refractivity contribution >= 4 is 5.69 Å². The third-order valence-corrected chi connectivity index (χ3v) is 2.39. The molecule has 1 saturated heterocycles. The number of rotatable bonds is 2. The molecule has 1 N–H and O–H groups in total. The Hall–Kier alpha value is -1.16. The summed E-state index contributed by atoms with van der Waals surface area (Å²) >= 11 is 0. The van der Waals surface area contributed by atoms with Crippen molar-refractivity contribution in [2.45, 2.75) is 18.9 Å². The highest BCUT2D eigenvalue weighted by molar-refractivity contribution is 5.44. The summed E-state index contributed by atoms with van der Waals surface area (Å²) in [5.74, 6) is -1.12. The molecule has 1 fully saturated rings. The topological polar surface area (TPSA) is 21.3 Å². The fourth-order valence-electron chi connectivity index (χ4n) is 1.73. The van der Waals surface area contributed by atoms with Crippen molar-refractivity contribution in [3.8, 4) is 0 Å². The van der Waals surface area contributed by atoms with Crippen LogP contribution in [0, 0.1) is 11.6 Å². The summed E-state index contributed by atoms with van der Waals surface area (Å²) in [6, 6.07) is 3.60. The summed E-state index contributed by atoms with van der Waals surface area (Å²) in [5.41, 5.74) is 0.475. The number of benzene rings is 1. The second-order valence-corrected chi connectivity index (χ2v) is 3.72. The van der Waals surface area contributed by atoms with Crippen molar-refractivity contribution in [3.05, 3.63) is 29.8 Å². The van der Waals surface area contributed by atoms with Gasteiger partial charge in [0.1, 0.15) is 11.6 Å². The molecule has 0 amide bonds. The average Bonchev–Trinajstić information content (AvgIpc) is 2.17. The molecular weight excluding hydrogens is 200 g/mol. The van der Waals surface area contributed by atoms with Gasteiger partial charge in [0.25, 0.3) is 0 Å². The molecule has 0 saturated carbocycles. The highest BCUT2D eigenvalue weighted by Gasteiger charge is 2.13. The molecule has 1 heterocycles. The Morgan fingerprint density at radius 2 is 1.93 bits per heavy atom. The van der Waals surface area contributed by atoms with Crippen LogP contribution in [0.5, 0.6) is 0 Å². The highest BCUT2D eigenvalue weighted by atomic mass is 19.1. The third-order valence-electron chi connectivity index (χ3n) is 2.39. The molecule has 1 aliphatic heterocycles. The molecule has 0 bridgehead atoms. The van der Waals surface area contributed by atoms with E-state index < -0.39 is 11.6 Å². The number of hydrogen-bond acceptors (Lipinski definition) is 2. The van der Waals surface area contributed by atoms with E-state index in [4.69, 9.17) is 4.74 Å². The first-order valence-corrected chi connectivity index (χ1v) is 5.04. The Morgan fingerprint density at radius 1 is 1.20 bits per heavy atom. The summed E-state index contributed by atoms with van der Waals surface area (Å²) in [7, 11) is 0. The second-order valence-electron chi connectivity index (χ2n) is 3.72. The van der Waals surface area contributed by atoms with E-state index in [-0.39, 0.29) is 6.04 Å². The van der Waals surface area contributed by atoms with Crippen LogP contribution in [0.4, 0.5) is 14.5 Å². The Bertz CT molecular complexity index is 317. The minimum Gasteiger partial charge on any atom is -0.380 e. The quantitative estimate of drug-likeness (QED) is 0.815. The second kappa shape index (κ2) is 4.57. The Morgan fingerprint density at radius 3 is 2.53 bits per heavy atom. The fraction of sp³-hybridized carbons (Fsp3) is 0.455. The Balaban J connectivity index is 2.02. The van der Waals surface area contributed by atoms with Gasteiger partial charge < -0.3 is 10.1 Å². The molecular formula is C11H13F2NO. The van der Waals surface area contributed by atoms with Crippen molar-refractivity contribution in [1.82, 2.24) is 0 Å². The summed E-state index contributed by atoms with van der Waals surface area (Å²) in [6.45, 7) is 1.37. The summed E-state index contributed by atoms with van der Waals surface area (Å²) in [4.78, 5) is 0. The molecule has 0 radical (unpaired) electrons. The van der Waals surface area contributed by atoms with Crippen molar-refractivity contribution < 1.29 is 13.5 Å². The molecule has 82 valence electrons. The lowest BCUT2D eigenvalue weighted by Gasteiger charge is -2.24. The van der Waals surface area contributed by atoms with E-state index in [1.807, 2.05) is 0 Å². The molecule has 15 heavy (non-hydrogen) atoms. The minimum atomic E-state index is -0.561. The van der Waals surface area contributed by atoms with E-state index in [1.54, 1.807) is 0 Å². The Labute approximate surface area is 87.2 Å². The van der Waals surface area contributed by atoms with Crippen LogP contribution in [0.15, 0.2) is 18.2 Å². The molecule has 1 atom stereocenters. The van der Waals surface area contributed by atoms with Gasteiger partial charge in [0.05, 0.1) is 6.61 Å². The smallest absolute Gasteiger partial charge is 0.128 e. The van der Waals surface area contributed by atoms with E-state index in [0.29, 0.717) is 12.3 Å². The fourth-order valence-corrected chi connectivity index (χ4v) is 1.73. The van der Waals surface area contributed by atoms with Crippen molar-refractivity contribution in [2.24, 2.45) is 0 Å². The monoisotopic (exact) mass is 213 g/mol. The first kappa shape index (κ1) is 10.4. The van der Waals surface area contributed by atoms with E-state index in [9.17, 15) is 8.78 Å². The molecule has 0 spiro atoms. The standard InChI is InChI=1S/C11H13F2NO/c12-8-4-9(13)6-11(5-8)14-10-2-1-3-15-7-10/h4-6,10,14H,1-3,7H2. The van der Waals surface area contributed by atoms with Gasteiger partial charge in [0, 0.05) is 24.4 Å². The van der Waals surface area contributed by atoms with Gasteiger partial charge in [0.15, 0.2) is 0 Å². The lowest BCUT2D eigenvalue weighted by molar-refractivity contribution is 0.0876. The van der Waals surface area contributed by atoms with Gasteiger partial charge in [-0.3, -0.25) is 0 Å². The lowest BCUT2D eigenvalue weighted by atomic mass is 10.1. The van der Waals surface area contributed by atoms with E-state index >= 15 is 0 Å². The summed E-state index contributed by atoms with van der Waals surface area (Å²) < 4.78 is 31.0. The summed E-state index contributed by atoms with van der Waals surface area (Å²) in [5, 5.41) is 3.06. The van der Waals surface area contributed by atoms with Crippen LogP contribution in [0.3, 0.4) is 0 Å². The van der Waals surface area contributed by atoms with Gasteiger partial charge in [-0.15, -0.1) is 0 Å². The van der Waals surface area contributed by atoms with Gasteiger partial charge in [-0.1, -0.05) is 0 Å². The van der Waals surface area contributed by atoms with Crippen molar-refractivity contribution in [3.63, 3.8) is 0 Å². The predicted molar refractivity (Wildman–Crippen MR) is 53.8 cm³/mol. The summed E-state index contributed by atoms with van der Waals surface area (Å²) in [6.07, 6.45) is 1.95. The maximum absolute atomic E-state index is 12.9. The van der Waals surface area contributed by atoms with Crippen molar-refractivity contribution in [2.75, 3.05) is 18.5 Å². The zero-order valence-electron chi connectivity index (χ0n) is 8.30. The molecule has 1 aromatic carbocycles. The largest absolute Gasteiger partial charge is 0.380 e. The van der Waals surface area contributed by atoms with Gasteiger partial charge in [-0.25, -0.2) is 8.78 Å². The third kappa shape index (κ3) is 2.89. The first-order valence-electron chi connectivity index (χ1n) is 5.04. The molecule has 1 aliphatic rings. The lowest BCUT2D eigenvalue weighted by Crippen LogP contribution is -2.29. The molecule has 0 aliphatic carbocycles. The molecule has 0 aromatic heterocycles. The number of anilines is 1. The van der Waals surface area contributed by atoms with Crippen LogP contribution in [0.25, 0.3) is 0 Å². The highest BCUT2D eigenvalue weighted by Crippen LogP contribution is 2.17. The normalized spacial score (nSPS) is 21.3.